The highest BCUT2D eigenvalue weighted by atomic mass is 32.3. The molecule has 6 rings (SSSR count). The van der Waals surface area contributed by atoms with Crippen LogP contribution in [0.15, 0.2) is 30.9 Å². The summed E-state index contributed by atoms with van der Waals surface area (Å²) in [7, 11) is -4.67. The van der Waals surface area contributed by atoms with Gasteiger partial charge in [0.25, 0.3) is 0 Å². The predicted octanol–water partition coefficient (Wildman–Crippen LogP) is 5.57. The predicted molar refractivity (Wildman–Crippen MR) is 153 cm³/mol. The first-order valence-electron chi connectivity index (χ1n) is 14.7. The van der Waals surface area contributed by atoms with Crippen molar-refractivity contribution in [2.45, 2.75) is 89.5 Å². The fourth-order valence-electron chi connectivity index (χ4n) is 7.99. The number of carbonyl (C=O) groups is 1. The Balaban J connectivity index is 0.000000595. The number of likely N-dealkylation sites (tertiary alicyclic amines) is 1. The van der Waals surface area contributed by atoms with Gasteiger partial charge in [0.1, 0.15) is 11.8 Å². The van der Waals surface area contributed by atoms with Crippen molar-refractivity contribution in [1.82, 2.24) is 9.47 Å². The van der Waals surface area contributed by atoms with Crippen LogP contribution in [-0.4, -0.2) is 64.8 Å². The van der Waals surface area contributed by atoms with E-state index in [-0.39, 0.29) is 18.1 Å². The van der Waals surface area contributed by atoms with E-state index in [0.29, 0.717) is 23.9 Å². The first-order valence-corrected chi connectivity index (χ1v) is 16.1. The first-order chi connectivity index (χ1) is 19.2. The number of carbonyl (C=O) groups excluding carboxylic acids is 1. The summed E-state index contributed by atoms with van der Waals surface area (Å²) in [6.45, 7) is 12.0. The van der Waals surface area contributed by atoms with Gasteiger partial charge in [-0.1, -0.05) is 44.4 Å². The number of piperidine rings is 1. The zero-order valence-electron chi connectivity index (χ0n) is 23.5. The number of rotatable bonds is 7. The van der Waals surface area contributed by atoms with Crippen molar-refractivity contribution in [2.24, 2.45) is 11.8 Å². The molecule has 2 N–H and O–H groups in total. The van der Waals surface area contributed by atoms with Crippen LogP contribution in [-0.2, 0) is 26.4 Å². The second kappa shape index (κ2) is 11.9. The van der Waals surface area contributed by atoms with Gasteiger partial charge in [-0.2, -0.15) is 8.42 Å². The Kier molecular flexibility index (Phi) is 8.73. The van der Waals surface area contributed by atoms with E-state index >= 15 is 0 Å². The van der Waals surface area contributed by atoms with Crippen LogP contribution in [0.2, 0.25) is 0 Å². The molecule has 2 fully saturated rings. The quantitative estimate of drug-likeness (QED) is 0.191. The summed E-state index contributed by atoms with van der Waals surface area (Å²) < 4.78 is 46.2. The van der Waals surface area contributed by atoms with E-state index in [1.807, 2.05) is 6.08 Å². The van der Waals surface area contributed by atoms with Crippen molar-refractivity contribution in [3.8, 4) is 0 Å². The Bertz CT molecular complexity index is 1350. The molecule has 9 nitrogen and oxygen atoms in total. The van der Waals surface area contributed by atoms with Crippen molar-refractivity contribution in [1.29, 1.82) is 0 Å². The maximum absolute atomic E-state index is 13.2. The average molecular weight is 575 g/mol. The van der Waals surface area contributed by atoms with Crippen LogP contribution >= 0.6 is 0 Å². The molecule has 1 saturated carbocycles. The van der Waals surface area contributed by atoms with Crippen molar-refractivity contribution in [3.05, 3.63) is 47.7 Å². The number of benzene rings is 1. The van der Waals surface area contributed by atoms with Gasteiger partial charge in [-0.15, -0.1) is 6.58 Å². The zero-order valence-corrected chi connectivity index (χ0v) is 24.3. The van der Waals surface area contributed by atoms with Crippen molar-refractivity contribution in [3.63, 3.8) is 0 Å². The minimum atomic E-state index is -4.67. The van der Waals surface area contributed by atoms with Gasteiger partial charge in [-0.05, 0) is 56.1 Å². The van der Waals surface area contributed by atoms with Gasteiger partial charge >= 0.3 is 16.4 Å². The summed E-state index contributed by atoms with van der Waals surface area (Å²) in [5, 5.41) is 1.31. The molecular formula is C30H42N2O7S. The Hall–Kier alpha value is -2.24. The molecule has 0 amide bonds. The summed E-state index contributed by atoms with van der Waals surface area (Å²) in [6.07, 6.45) is 10.7. The molecule has 4 aliphatic rings. The second-order valence-electron chi connectivity index (χ2n) is 11.6. The van der Waals surface area contributed by atoms with Crippen LogP contribution in [0.1, 0.15) is 92.4 Å². The third-order valence-corrected chi connectivity index (χ3v) is 9.24. The molecule has 1 aromatic carbocycles. The zero-order chi connectivity index (χ0) is 28.6. The van der Waals surface area contributed by atoms with E-state index in [1.54, 1.807) is 0 Å². The number of hydrogen-bond acceptors (Lipinski definition) is 6. The molecule has 3 heterocycles. The molecule has 4 unspecified atom stereocenters. The van der Waals surface area contributed by atoms with E-state index in [2.05, 4.69) is 48.1 Å². The fraction of sp³-hybridized carbons (Fsp3) is 0.633. The number of aryl methyl sites for hydroxylation is 1. The summed E-state index contributed by atoms with van der Waals surface area (Å²) in [4.78, 5) is 15.8. The smallest absolute Gasteiger partial charge is 0.394 e. The van der Waals surface area contributed by atoms with Gasteiger partial charge in [0, 0.05) is 48.6 Å². The highest BCUT2D eigenvalue weighted by Gasteiger charge is 2.53. The van der Waals surface area contributed by atoms with Gasteiger partial charge in [0.05, 0.1) is 12.1 Å². The molecule has 2 aliphatic carbocycles. The van der Waals surface area contributed by atoms with E-state index in [1.165, 1.54) is 55.0 Å². The fourth-order valence-corrected chi connectivity index (χ4v) is 7.99. The van der Waals surface area contributed by atoms with Gasteiger partial charge in [0.2, 0.25) is 0 Å². The molecule has 1 aromatic heterocycles. The Morgan fingerprint density at radius 3 is 2.60 bits per heavy atom. The Morgan fingerprint density at radius 1 is 1.15 bits per heavy atom. The van der Waals surface area contributed by atoms with Gasteiger partial charge < -0.3 is 14.0 Å². The lowest BCUT2D eigenvalue weighted by Gasteiger charge is -2.50. The van der Waals surface area contributed by atoms with E-state index in [4.69, 9.17) is 27.0 Å². The Labute approximate surface area is 237 Å². The van der Waals surface area contributed by atoms with Gasteiger partial charge in [-0.3, -0.25) is 14.0 Å². The highest BCUT2D eigenvalue weighted by Crippen LogP contribution is 2.56. The second-order valence-corrected chi connectivity index (χ2v) is 12.5. The molecule has 0 spiro atoms. The molecule has 220 valence electrons. The van der Waals surface area contributed by atoms with Crippen LogP contribution in [0, 0.1) is 11.8 Å². The van der Waals surface area contributed by atoms with Crippen LogP contribution in [0.5, 0.6) is 0 Å². The molecule has 2 aliphatic heterocycles. The molecular weight excluding hydrogens is 532 g/mol. The van der Waals surface area contributed by atoms with E-state index in [9.17, 15) is 4.79 Å². The average Bonchev–Trinajstić information content (AvgIpc) is 3.29. The molecule has 0 radical (unpaired) electrons. The molecule has 2 aromatic rings. The largest absolute Gasteiger partial charge is 0.451 e. The lowest BCUT2D eigenvalue weighted by Crippen LogP contribution is -2.53. The van der Waals surface area contributed by atoms with Crippen molar-refractivity contribution >= 4 is 27.3 Å². The highest BCUT2D eigenvalue weighted by molar-refractivity contribution is 7.79. The van der Waals surface area contributed by atoms with E-state index in [0.717, 1.165) is 43.9 Å². The maximum atomic E-state index is 13.2. The first kappa shape index (κ1) is 29.3. The van der Waals surface area contributed by atoms with Gasteiger partial charge in [-0.25, -0.2) is 4.79 Å². The number of esters is 1. The number of aromatic nitrogens is 1. The van der Waals surface area contributed by atoms with Gasteiger partial charge in [0.15, 0.2) is 0 Å². The summed E-state index contributed by atoms with van der Waals surface area (Å²) in [5.74, 6) is 1.56. The minimum Gasteiger partial charge on any atom is -0.451 e. The molecule has 1 saturated heterocycles. The monoisotopic (exact) mass is 574 g/mol. The third kappa shape index (κ3) is 5.61. The summed E-state index contributed by atoms with van der Waals surface area (Å²) in [6, 6.07) is 6.94. The normalized spacial score (nSPS) is 29.8. The lowest BCUT2D eigenvalue weighted by molar-refractivity contribution is -0.0327. The van der Waals surface area contributed by atoms with Crippen LogP contribution < -0.4 is 0 Å². The number of fused-ring (bicyclic) bond motifs is 3. The topological polar surface area (TPSA) is 118 Å². The lowest BCUT2D eigenvalue weighted by atomic mass is 9.67. The Morgan fingerprint density at radius 2 is 1.90 bits per heavy atom. The number of hydrogen-bond donors (Lipinski definition) is 2. The SMILES string of the molecule is C=CCN1C[C@H](C2CCCCC(OCC)C2)CC2c3cccc4c3c3c(n4CCC)C(=O)OC3[C@H]21.O=S(=O)(O)O. The molecule has 40 heavy (non-hydrogen) atoms. The van der Waals surface area contributed by atoms with Crippen LogP contribution in [0.25, 0.3) is 10.9 Å². The number of ether oxygens (including phenoxy) is 2. The third-order valence-electron chi connectivity index (χ3n) is 9.24. The molecule has 0 bridgehead atoms. The standard InChI is InChI=1S/C30H40N2O3.H2O4S/c1-4-14-31-18-20(19-10-7-8-11-21(16-19)34-6-3)17-23-22-12-9-13-24-25(22)26-28(32(24)15-5-2)30(33)35-29(26)27(23)31;1-5(2,3)4/h4,9,12-13,19-21,23,27,29H,1,5-8,10-11,14-18H2,2-3H3;(H2,1,2,3,4)/t19?,20-,21?,23?,27+,29?;/m1./s1. The minimum absolute atomic E-state index is 0.134. The summed E-state index contributed by atoms with van der Waals surface area (Å²) >= 11 is 0. The van der Waals surface area contributed by atoms with Crippen molar-refractivity contribution in [2.75, 3.05) is 19.7 Å². The number of nitrogens with zero attached hydrogens (tertiary/aromatic N) is 2. The maximum Gasteiger partial charge on any atom is 0.394 e. The van der Waals surface area contributed by atoms with E-state index < -0.39 is 10.4 Å². The van der Waals surface area contributed by atoms with Crippen LogP contribution in [0.4, 0.5) is 0 Å². The van der Waals surface area contributed by atoms with Crippen LogP contribution in [0.3, 0.4) is 0 Å². The molecule has 10 heteroatoms. The van der Waals surface area contributed by atoms with Crippen molar-refractivity contribution < 1.29 is 31.8 Å². The summed E-state index contributed by atoms with van der Waals surface area (Å²) in [5.41, 5.74) is 4.62. The molecule has 6 atom stereocenters.